The zero-order chi connectivity index (χ0) is 17.4. The highest BCUT2D eigenvalue weighted by molar-refractivity contribution is 7.89. The molecule has 0 bridgehead atoms. The summed E-state index contributed by atoms with van der Waals surface area (Å²) in [5, 5.41) is 6.74. The van der Waals surface area contributed by atoms with Crippen molar-refractivity contribution in [2.45, 2.75) is 37.8 Å². The molecule has 1 saturated heterocycles. The molecule has 0 aromatic carbocycles. The van der Waals surface area contributed by atoms with Crippen molar-refractivity contribution in [3.63, 3.8) is 0 Å². The molecule has 8 nitrogen and oxygen atoms in total. The van der Waals surface area contributed by atoms with Gasteiger partial charge in [0.15, 0.2) is 0 Å². The minimum atomic E-state index is -3.65. The Morgan fingerprint density at radius 3 is 2.52 bits per heavy atom. The first-order chi connectivity index (χ1) is 10.7. The highest BCUT2D eigenvalue weighted by Crippen LogP contribution is 2.23. The number of carbonyl (C=O) groups is 1. The van der Waals surface area contributed by atoms with Crippen LogP contribution in [0.15, 0.2) is 11.1 Å². The van der Waals surface area contributed by atoms with Crippen LogP contribution in [0.1, 0.15) is 19.5 Å². The van der Waals surface area contributed by atoms with Crippen LogP contribution in [0, 0.1) is 6.92 Å². The number of carbonyl (C=O) groups excluding carboxylic acids is 1. The molecule has 0 aliphatic carbocycles. The standard InChI is InChI=1S/C14H25N5O3S/c1-10(2)19-7-6-18(8-12(19)14(20)15-4)23(21,22)13-9-17(5)16-11(13)3/h9-10,12H,6-8H2,1-5H3,(H,15,20)/t12-/m1/s1. The van der Waals surface area contributed by atoms with Crippen molar-refractivity contribution < 1.29 is 13.2 Å². The number of hydrogen-bond donors (Lipinski definition) is 1. The molecule has 0 spiro atoms. The van der Waals surface area contributed by atoms with Crippen LogP contribution in [0.3, 0.4) is 0 Å². The van der Waals surface area contributed by atoms with E-state index in [9.17, 15) is 13.2 Å². The van der Waals surface area contributed by atoms with Gasteiger partial charge in [-0.3, -0.25) is 14.4 Å². The molecule has 130 valence electrons. The summed E-state index contributed by atoms with van der Waals surface area (Å²) < 4.78 is 28.6. The van der Waals surface area contributed by atoms with Crippen LogP contribution in [-0.4, -0.2) is 72.1 Å². The van der Waals surface area contributed by atoms with Crippen LogP contribution < -0.4 is 5.32 Å². The van der Waals surface area contributed by atoms with E-state index in [0.29, 0.717) is 18.8 Å². The average Bonchev–Trinajstić information content (AvgIpc) is 2.85. The fourth-order valence-electron chi connectivity index (χ4n) is 2.98. The minimum absolute atomic E-state index is 0.147. The second-order valence-electron chi connectivity index (χ2n) is 6.08. The first kappa shape index (κ1) is 17.9. The summed E-state index contributed by atoms with van der Waals surface area (Å²) in [7, 11) is -0.393. The Morgan fingerprint density at radius 2 is 2.04 bits per heavy atom. The van der Waals surface area contributed by atoms with Gasteiger partial charge in [0.25, 0.3) is 0 Å². The first-order valence-electron chi connectivity index (χ1n) is 7.66. The molecule has 1 amide bonds. The van der Waals surface area contributed by atoms with E-state index in [0.717, 1.165) is 0 Å². The Labute approximate surface area is 137 Å². The van der Waals surface area contributed by atoms with E-state index in [-0.39, 0.29) is 23.4 Å². The minimum Gasteiger partial charge on any atom is -0.358 e. The fourth-order valence-corrected chi connectivity index (χ4v) is 4.62. The monoisotopic (exact) mass is 343 g/mol. The summed E-state index contributed by atoms with van der Waals surface area (Å²) in [5.41, 5.74) is 0.468. The summed E-state index contributed by atoms with van der Waals surface area (Å²) in [4.78, 5) is 14.4. The van der Waals surface area contributed by atoms with Gasteiger partial charge >= 0.3 is 0 Å². The number of hydrogen-bond acceptors (Lipinski definition) is 5. The van der Waals surface area contributed by atoms with Crippen LogP contribution in [0.5, 0.6) is 0 Å². The molecule has 2 heterocycles. The zero-order valence-electron chi connectivity index (χ0n) is 14.3. The third-order valence-corrected chi connectivity index (χ3v) is 6.15. The number of likely N-dealkylation sites (N-methyl/N-ethyl adjacent to an activating group) is 1. The summed E-state index contributed by atoms with van der Waals surface area (Å²) >= 11 is 0. The Bertz CT molecular complexity index is 683. The number of aromatic nitrogens is 2. The van der Waals surface area contributed by atoms with Crippen molar-refractivity contribution in [3.8, 4) is 0 Å². The van der Waals surface area contributed by atoms with Crippen LogP contribution >= 0.6 is 0 Å². The third-order valence-electron chi connectivity index (χ3n) is 4.18. The van der Waals surface area contributed by atoms with Gasteiger partial charge in [0, 0.05) is 46.0 Å². The van der Waals surface area contributed by atoms with Gasteiger partial charge < -0.3 is 5.32 Å². The van der Waals surface area contributed by atoms with Gasteiger partial charge in [-0.2, -0.15) is 9.40 Å². The van der Waals surface area contributed by atoms with Gasteiger partial charge in [0.05, 0.1) is 5.69 Å². The Balaban J connectivity index is 2.31. The maximum Gasteiger partial charge on any atom is 0.246 e. The second kappa shape index (κ2) is 6.58. The Hall–Kier alpha value is -1.45. The largest absolute Gasteiger partial charge is 0.358 e. The molecule has 1 aromatic rings. The highest BCUT2D eigenvalue weighted by Gasteiger charge is 2.39. The van der Waals surface area contributed by atoms with Crippen molar-refractivity contribution >= 4 is 15.9 Å². The highest BCUT2D eigenvalue weighted by atomic mass is 32.2. The fraction of sp³-hybridized carbons (Fsp3) is 0.714. The van der Waals surface area contributed by atoms with E-state index in [2.05, 4.69) is 10.4 Å². The van der Waals surface area contributed by atoms with E-state index in [4.69, 9.17) is 0 Å². The Morgan fingerprint density at radius 1 is 1.39 bits per heavy atom. The number of amides is 1. The van der Waals surface area contributed by atoms with E-state index < -0.39 is 16.1 Å². The quantitative estimate of drug-likeness (QED) is 0.801. The topological polar surface area (TPSA) is 87.5 Å². The van der Waals surface area contributed by atoms with Gasteiger partial charge in [-0.25, -0.2) is 8.42 Å². The maximum atomic E-state index is 12.9. The Kier molecular flexibility index (Phi) is 5.12. The van der Waals surface area contributed by atoms with E-state index in [1.165, 1.54) is 15.2 Å². The summed E-state index contributed by atoms with van der Waals surface area (Å²) in [6.07, 6.45) is 1.51. The summed E-state index contributed by atoms with van der Waals surface area (Å²) in [6, 6.07) is -0.317. The van der Waals surface area contributed by atoms with Crippen LogP contribution in [0.2, 0.25) is 0 Å². The summed E-state index contributed by atoms with van der Waals surface area (Å²) in [6.45, 7) is 6.72. The molecule has 1 N–H and O–H groups in total. The van der Waals surface area contributed by atoms with E-state index >= 15 is 0 Å². The van der Waals surface area contributed by atoms with Gasteiger partial charge in [0.2, 0.25) is 15.9 Å². The number of nitrogens with zero attached hydrogens (tertiary/aromatic N) is 4. The molecular weight excluding hydrogens is 318 g/mol. The zero-order valence-corrected chi connectivity index (χ0v) is 15.1. The molecule has 1 aromatic heterocycles. The maximum absolute atomic E-state index is 12.9. The van der Waals surface area contributed by atoms with Crippen LogP contribution in [0.4, 0.5) is 0 Å². The third kappa shape index (κ3) is 3.41. The molecule has 2 rings (SSSR count). The number of rotatable bonds is 4. The number of aryl methyl sites for hydroxylation is 2. The summed E-state index contributed by atoms with van der Waals surface area (Å²) in [5.74, 6) is -0.165. The molecule has 0 unspecified atom stereocenters. The predicted octanol–water partition coefficient (Wildman–Crippen LogP) is -0.442. The number of piperazine rings is 1. The van der Waals surface area contributed by atoms with Crippen molar-refractivity contribution in [1.29, 1.82) is 0 Å². The van der Waals surface area contributed by atoms with Crippen LogP contribution in [0.25, 0.3) is 0 Å². The molecule has 1 aliphatic heterocycles. The lowest BCUT2D eigenvalue weighted by atomic mass is 10.1. The van der Waals surface area contributed by atoms with Gasteiger partial charge in [-0.15, -0.1) is 0 Å². The van der Waals surface area contributed by atoms with Crippen LogP contribution in [-0.2, 0) is 21.9 Å². The number of sulfonamides is 1. The van der Waals surface area contributed by atoms with Crippen molar-refractivity contribution in [2.24, 2.45) is 7.05 Å². The van der Waals surface area contributed by atoms with Gasteiger partial charge in [-0.1, -0.05) is 0 Å². The molecule has 1 aliphatic rings. The predicted molar refractivity (Wildman–Crippen MR) is 86.4 cm³/mol. The molecule has 0 saturated carbocycles. The van der Waals surface area contributed by atoms with Crippen molar-refractivity contribution in [3.05, 3.63) is 11.9 Å². The molecule has 1 atom stereocenters. The van der Waals surface area contributed by atoms with E-state index in [1.807, 2.05) is 18.7 Å². The molecule has 1 fully saturated rings. The van der Waals surface area contributed by atoms with Gasteiger partial charge in [0.1, 0.15) is 10.9 Å². The number of nitrogens with one attached hydrogen (secondary N) is 1. The lowest BCUT2D eigenvalue weighted by molar-refractivity contribution is -0.128. The molecule has 0 radical (unpaired) electrons. The van der Waals surface area contributed by atoms with Crippen molar-refractivity contribution in [2.75, 3.05) is 26.7 Å². The second-order valence-corrected chi connectivity index (χ2v) is 7.98. The molecular formula is C14H25N5O3S. The average molecular weight is 343 g/mol. The van der Waals surface area contributed by atoms with Crippen molar-refractivity contribution in [1.82, 2.24) is 24.3 Å². The normalized spacial score (nSPS) is 20.9. The lowest BCUT2D eigenvalue weighted by Crippen LogP contribution is -2.61. The molecule has 23 heavy (non-hydrogen) atoms. The molecule has 9 heteroatoms. The lowest BCUT2D eigenvalue weighted by Gasteiger charge is -2.41. The SMILES string of the molecule is CNC(=O)[C@H]1CN(S(=O)(=O)c2cn(C)nc2C)CCN1C(C)C. The van der Waals surface area contributed by atoms with E-state index in [1.54, 1.807) is 21.0 Å². The first-order valence-corrected chi connectivity index (χ1v) is 9.10. The smallest absolute Gasteiger partial charge is 0.246 e. The van der Waals surface area contributed by atoms with Gasteiger partial charge in [-0.05, 0) is 20.8 Å².